The van der Waals surface area contributed by atoms with Crippen molar-refractivity contribution in [2.45, 2.75) is 33.0 Å². The van der Waals surface area contributed by atoms with Crippen molar-refractivity contribution in [3.05, 3.63) is 35.7 Å². The first kappa shape index (κ1) is 17.1. The summed E-state index contributed by atoms with van der Waals surface area (Å²) in [6, 6.07) is 2.12. The molecule has 0 saturated carbocycles. The Hall–Kier alpha value is -1.71. The maximum Gasteiger partial charge on any atom is 0.211 e. The molecule has 0 fully saturated rings. The molecule has 9 heteroatoms. The van der Waals surface area contributed by atoms with Gasteiger partial charge in [-0.3, -0.25) is 9.58 Å². The van der Waals surface area contributed by atoms with Crippen LogP contribution in [-0.2, 0) is 30.2 Å². The zero-order valence-corrected chi connectivity index (χ0v) is 15.1. The van der Waals surface area contributed by atoms with Crippen LogP contribution in [0.2, 0.25) is 0 Å². The standard InChI is InChI=1S/C15H24N6O2S/c1-4-24(22,23)17-7-15-10-20(9-14-6-16-11-21(14)15)8-13-5-12(2)18-19(13)3/h5-6,11,15,17H,4,7-10H2,1-3H3. The summed E-state index contributed by atoms with van der Waals surface area (Å²) in [6.07, 6.45) is 3.63. The summed E-state index contributed by atoms with van der Waals surface area (Å²) < 4.78 is 30.2. The molecule has 24 heavy (non-hydrogen) atoms. The van der Waals surface area contributed by atoms with Crippen LogP contribution in [0.15, 0.2) is 18.6 Å². The van der Waals surface area contributed by atoms with Crippen LogP contribution >= 0.6 is 0 Å². The largest absolute Gasteiger partial charge is 0.328 e. The summed E-state index contributed by atoms with van der Waals surface area (Å²) in [6.45, 7) is 6.33. The SMILES string of the molecule is CCS(=O)(=O)NCC1CN(Cc2cc(C)nn2C)Cc2cncn21. The molecule has 0 amide bonds. The molecule has 1 unspecified atom stereocenters. The van der Waals surface area contributed by atoms with Crippen LogP contribution in [0.1, 0.15) is 30.0 Å². The third-order valence-corrected chi connectivity index (χ3v) is 5.76. The molecule has 1 atom stereocenters. The summed E-state index contributed by atoms with van der Waals surface area (Å²) in [5, 5.41) is 4.39. The van der Waals surface area contributed by atoms with Gasteiger partial charge in [0.25, 0.3) is 0 Å². The van der Waals surface area contributed by atoms with Crippen LogP contribution in [0.25, 0.3) is 0 Å². The molecule has 0 aromatic carbocycles. The second-order valence-electron chi connectivity index (χ2n) is 6.27. The minimum absolute atomic E-state index is 0.0342. The number of hydrogen-bond acceptors (Lipinski definition) is 5. The highest BCUT2D eigenvalue weighted by molar-refractivity contribution is 7.89. The lowest BCUT2D eigenvalue weighted by molar-refractivity contribution is 0.174. The molecule has 3 rings (SSSR count). The van der Waals surface area contributed by atoms with Crippen molar-refractivity contribution < 1.29 is 8.42 Å². The Morgan fingerprint density at radius 2 is 2.21 bits per heavy atom. The first-order valence-corrected chi connectivity index (χ1v) is 9.73. The van der Waals surface area contributed by atoms with E-state index in [-0.39, 0.29) is 11.8 Å². The molecule has 1 N–H and O–H groups in total. The van der Waals surface area contributed by atoms with Crippen LogP contribution in [0.5, 0.6) is 0 Å². The average molecular weight is 352 g/mol. The van der Waals surface area contributed by atoms with Crippen molar-refractivity contribution in [3.8, 4) is 0 Å². The molecule has 2 aromatic heterocycles. The lowest BCUT2D eigenvalue weighted by atomic mass is 10.1. The highest BCUT2D eigenvalue weighted by Crippen LogP contribution is 2.22. The maximum absolute atomic E-state index is 11.8. The van der Waals surface area contributed by atoms with Crippen LogP contribution in [-0.4, -0.2) is 51.5 Å². The van der Waals surface area contributed by atoms with Gasteiger partial charge in [0.1, 0.15) is 0 Å². The number of fused-ring (bicyclic) bond motifs is 1. The smallest absolute Gasteiger partial charge is 0.211 e. The van der Waals surface area contributed by atoms with Crippen molar-refractivity contribution in [1.82, 2.24) is 29.0 Å². The number of aromatic nitrogens is 4. The van der Waals surface area contributed by atoms with Gasteiger partial charge in [-0.15, -0.1) is 0 Å². The quantitative estimate of drug-likeness (QED) is 0.814. The van der Waals surface area contributed by atoms with Crippen LogP contribution in [0.3, 0.4) is 0 Å². The van der Waals surface area contributed by atoms with E-state index in [0.29, 0.717) is 6.54 Å². The number of hydrogen-bond donors (Lipinski definition) is 1. The molecule has 8 nitrogen and oxygen atoms in total. The van der Waals surface area contributed by atoms with Gasteiger partial charge in [-0.1, -0.05) is 0 Å². The topological polar surface area (TPSA) is 85.1 Å². The summed E-state index contributed by atoms with van der Waals surface area (Å²) in [5.41, 5.74) is 3.25. The van der Waals surface area contributed by atoms with Gasteiger partial charge in [0.05, 0.1) is 35.2 Å². The van der Waals surface area contributed by atoms with Crippen molar-refractivity contribution in [2.24, 2.45) is 7.05 Å². The fourth-order valence-corrected chi connectivity index (χ4v) is 3.76. The third-order valence-electron chi connectivity index (χ3n) is 4.40. The van der Waals surface area contributed by atoms with Gasteiger partial charge in [-0.05, 0) is 19.9 Å². The van der Waals surface area contributed by atoms with E-state index < -0.39 is 10.0 Å². The molecule has 0 bridgehead atoms. The molecule has 0 aliphatic carbocycles. The van der Waals surface area contributed by atoms with E-state index in [0.717, 1.165) is 36.7 Å². The average Bonchev–Trinajstić information content (AvgIpc) is 3.11. The Balaban J connectivity index is 1.74. The zero-order chi connectivity index (χ0) is 17.3. The summed E-state index contributed by atoms with van der Waals surface area (Å²) in [5.74, 6) is 0.0918. The second-order valence-corrected chi connectivity index (χ2v) is 8.36. The minimum Gasteiger partial charge on any atom is -0.328 e. The minimum atomic E-state index is -3.20. The number of rotatable bonds is 6. The van der Waals surface area contributed by atoms with Gasteiger partial charge in [0.15, 0.2) is 0 Å². The third kappa shape index (κ3) is 3.68. The number of aryl methyl sites for hydroxylation is 2. The molecular weight excluding hydrogens is 328 g/mol. The molecule has 1 aliphatic heterocycles. The van der Waals surface area contributed by atoms with Gasteiger partial charge in [-0.25, -0.2) is 18.1 Å². The van der Waals surface area contributed by atoms with Crippen molar-refractivity contribution >= 4 is 10.0 Å². The molecular formula is C15H24N6O2S. The van der Waals surface area contributed by atoms with E-state index in [2.05, 4.69) is 30.3 Å². The Kier molecular flexibility index (Phi) is 4.75. The highest BCUT2D eigenvalue weighted by atomic mass is 32.2. The molecule has 132 valence electrons. The Morgan fingerprint density at radius 1 is 1.42 bits per heavy atom. The monoisotopic (exact) mass is 352 g/mol. The van der Waals surface area contributed by atoms with Gasteiger partial charge < -0.3 is 4.57 Å². The number of nitrogens with one attached hydrogen (secondary N) is 1. The van der Waals surface area contributed by atoms with E-state index in [1.807, 2.05) is 24.9 Å². The number of sulfonamides is 1. The molecule has 3 heterocycles. The maximum atomic E-state index is 11.8. The van der Waals surface area contributed by atoms with Gasteiger partial charge in [0.2, 0.25) is 10.0 Å². The predicted molar refractivity (Wildman–Crippen MR) is 90.8 cm³/mol. The van der Waals surface area contributed by atoms with E-state index in [4.69, 9.17) is 0 Å². The van der Waals surface area contributed by atoms with Crippen LogP contribution < -0.4 is 4.72 Å². The zero-order valence-electron chi connectivity index (χ0n) is 14.3. The van der Waals surface area contributed by atoms with E-state index in [1.54, 1.807) is 13.3 Å². The fourth-order valence-electron chi connectivity index (χ4n) is 3.11. The fraction of sp³-hybridized carbons (Fsp3) is 0.600. The highest BCUT2D eigenvalue weighted by Gasteiger charge is 2.26. The summed E-state index contributed by atoms with van der Waals surface area (Å²) in [7, 11) is -1.25. The Bertz CT molecular complexity index is 810. The van der Waals surface area contributed by atoms with E-state index >= 15 is 0 Å². The molecule has 1 aliphatic rings. The number of nitrogens with zero attached hydrogens (tertiary/aromatic N) is 5. The molecule has 0 saturated heterocycles. The lowest BCUT2D eigenvalue weighted by Crippen LogP contribution is -2.42. The van der Waals surface area contributed by atoms with Gasteiger partial charge in [0, 0.05) is 39.4 Å². The van der Waals surface area contributed by atoms with E-state index in [9.17, 15) is 8.42 Å². The van der Waals surface area contributed by atoms with Crippen LogP contribution in [0.4, 0.5) is 0 Å². The second kappa shape index (κ2) is 6.66. The molecule has 2 aromatic rings. The van der Waals surface area contributed by atoms with Gasteiger partial charge >= 0.3 is 0 Å². The first-order valence-electron chi connectivity index (χ1n) is 8.08. The normalized spacial score (nSPS) is 18.7. The van der Waals surface area contributed by atoms with Crippen molar-refractivity contribution in [3.63, 3.8) is 0 Å². The van der Waals surface area contributed by atoms with E-state index in [1.165, 1.54) is 0 Å². The molecule has 0 spiro atoms. The lowest BCUT2D eigenvalue weighted by Gasteiger charge is -2.34. The summed E-state index contributed by atoms with van der Waals surface area (Å²) >= 11 is 0. The molecule has 0 radical (unpaired) electrons. The first-order chi connectivity index (χ1) is 11.4. The van der Waals surface area contributed by atoms with Crippen molar-refractivity contribution in [2.75, 3.05) is 18.8 Å². The Labute approximate surface area is 142 Å². The number of imidazole rings is 1. The summed E-state index contributed by atoms with van der Waals surface area (Å²) in [4.78, 5) is 6.53. The van der Waals surface area contributed by atoms with Crippen LogP contribution in [0, 0.1) is 6.92 Å². The van der Waals surface area contributed by atoms with Gasteiger partial charge in [-0.2, -0.15) is 5.10 Å². The Morgan fingerprint density at radius 3 is 2.88 bits per heavy atom. The van der Waals surface area contributed by atoms with Crippen molar-refractivity contribution in [1.29, 1.82) is 0 Å². The predicted octanol–water partition coefficient (Wildman–Crippen LogP) is 0.421.